The molecule has 7 heteroatoms. The minimum absolute atomic E-state index is 0.195. The minimum Gasteiger partial charge on any atom is -0.326 e. The van der Waals surface area contributed by atoms with Crippen LogP contribution in [0.2, 0.25) is 0 Å². The maximum Gasteiger partial charge on any atom is 0.214 e. The van der Waals surface area contributed by atoms with Crippen LogP contribution in [0.4, 0.5) is 4.39 Å². The summed E-state index contributed by atoms with van der Waals surface area (Å²) in [7, 11) is 0. The number of quaternary nitrogens is 2. The molecular weight excluding hydrogens is 355 g/mol. The summed E-state index contributed by atoms with van der Waals surface area (Å²) in [6.45, 7) is 8.03. The lowest BCUT2D eigenvalue weighted by atomic mass is 10.0. The average molecular weight is 382 g/mol. The van der Waals surface area contributed by atoms with Gasteiger partial charge >= 0.3 is 0 Å². The Morgan fingerprint density at radius 3 is 2.43 bits per heavy atom. The smallest absolute Gasteiger partial charge is 0.214 e. The number of halogens is 1. The van der Waals surface area contributed by atoms with E-state index in [0.717, 1.165) is 44.1 Å². The van der Waals surface area contributed by atoms with Gasteiger partial charge < -0.3 is 9.80 Å². The summed E-state index contributed by atoms with van der Waals surface area (Å²) in [6, 6.07) is 16.9. The lowest BCUT2D eigenvalue weighted by molar-refractivity contribution is -1.02. The molecule has 6 nitrogen and oxygen atoms in total. The van der Waals surface area contributed by atoms with Crippen LogP contribution in [-0.2, 0) is 6.54 Å². The summed E-state index contributed by atoms with van der Waals surface area (Å²) in [6.07, 6.45) is 0. The molecule has 0 aliphatic carbocycles. The number of tetrazole rings is 1. The van der Waals surface area contributed by atoms with Crippen molar-refractivity contribution in [3.8, 4) is 0 Å². The van der Waals surface area contributed by atoms with Crippen LogP contribution >= 0.6 is 0 Å². The maximum absolute atomic E-state index is 14.8. The summed E-state index contributed by atoms with van der Waals surface area (Å²) in [5.41, 5.74) is 1.79. The van der Waals surface area contributed by atoms with Crippen LogP contribution in [0.1, 0.15) is 29.9 Å². The third kappa shape index (κ3) is 3.95. The lowest BCUT2D eigenvalue weighted by Crippen LogP contribution is -3.28. The Hall–Kier alpha value is -2.64. The normalized spacial score (nSPS) is 20.8. The fraction of sp³-hybridized carbons (Fsp3) is 0.381. The first kappa shape index (κ1) is 18.7. The van der Waals surface area contributed by atoms with E-state index >= 15 is 0 Å². The second-order valence-electron chi connectivity index (χ2n) is 7.40. The molecule has 146 valence electrons. The quantitative estimate of drug-likeness (QED) is 0.619. The molecule has 28 heavy (non-hydrogen) atoms. The molecule has 1 atom stereocenters. The number of hydrogen-bond acceptors (Lipinski definition) is 3. The van der Waals surface area contributed by atoms with Gasteiger partial charge in [-0.15, -0.1) is 5.10 Å². The first-order valence-corrected chi connectivity index (χ1v) is 9.98. The summed E-state index contributed by atoms with van der Waals surface area (Å²) < 4.78 is 16.6. The van der Waals surface area contributed by atoms with Gasteiger partial charge in [0.25, 0.3) is 0 Å². The molecule has 2 aromatic carbocycles. The Kier molecular flexibility index (Phi) is 5.73. The monoisotopic (exact) mass is 382 g/mol. The van der Waals surface area contributed by atoms with Crippen LogP contribution in [0.3, 0.4) is 0 Å². The summed E-state index contributed by atoms with van der Waals surface area (Å²) in [4.78, 5) is 2.92. The first-order valence-electron chi connectivity index (χ1n) is 9.98. The first-order chi connectivity index (χ1) is 13.8. The van der Waals surface area contributed by atoms with Gasteiger partial charge in [0.1, 0.15) is 32.0 Å². The Morgan fingerprint density at radius 2 is 1.71 bits per heavy atom. The van der Waals surface area contributed by atoms with E-state index in [1.54, 1.807) is 11.0 Å². The van der Waals surface area contributed by atoms with Crippen molar-refractivity contribution in [3.05, 3.63) is 77.4 Å². The van der Waals surface area contributed by atoms with E-state index in [9.17, 15) is 4.39 Å². The third-order valence-electron chi connectivity index (χ3n) is 5.72. The lowest BCUT2D eigenvalue weighted by Gasteiger charge is -2.33. The van der Waals surface area contributed by atoms with E-state index in [4.69, 9.17) is 0 Å². The van der Waals surface area contributed by atoms with Crippen molar-refractivity contribution >= 4 is 0 Å². The van der Waals surface area contributed by atoms with Gasteiger partial charge in [-0.25, -0.2) is 9.07 Å². The Labute approximate surface area is 164 Å². The molecule has 4 rings (SSSR count). The fourth-order valence-corrected chi connectivity index (χ4v) is 4.10. The van der Waals surface area contributed by atoms with Gasteiger partial charge in [-0.05, 0) is 35.0 Å². The molecule has 1 fully saturated rings. The SMILES string of the molecule is CC[NH+]1CC[NH+]([C@@H](c2ccccc2F)c2nnnn2Cc2ccccc2)CC1. The van der Waals surface area contributed by atoms with Crippen molar-refractivity contribution in [2.75, 3.05) is 32.7 Å². The standard InChI is InChI=1S/C21H25FN6/c1-2-26-12-14-27(15-13-26)20(18-10-6-7-11-19(18)22)21-23-24-25-28(21)16-17-8-4-3-5-9-17/h3-11,20H,2,12-16H2,1H3/p+2/t20-/m0/s1. The molecule has 1 aliphatic rings. The number of hydrogen-bond donors (Lipinski definition) is 2. The molecule has 1 aromatic heterocycles. The molecule has 0 radical (unpaired) electrons. The van der Waals surface area contributed by atoms with E-state index in [2.05, 4.69) is 34.6 Å². The number of benzene rings is 2. The van der Waals surface area contributed by atoms with Crippen molar-refractivity contribution in [2.24, 2.45) is 0 Å². The number of nitrogens with zero attached hydrogens (tertiary/aromatic N) is 4. The van der Waals surface area contributed by atoms with Gasteiger partial charge in [-0.2, -0.15) is 0 Å². The van der Waals surface area contributed by atoms with Crippen LogP contribution in [0, 0.1) is 5.82 Å². The van der Waals surface area contributed by atoms with Crippen molar-refractivity contribution < 1.29 is 14.2 Å². The van der Waals surface area contributed by atoms with E-state index in [-0.39, 0.29) is 11.9 Å². The highest BCUT2D eigenvalue weighted by Gasteiger charge is 2.36. The van der Waals surface area contributed by atoms with Gasteiger partial charge in [-0.1, -0.05) is 42.5 Å². The molecule has 3 aromatic rings. The zero-order chi connectivity index (χ0) is 19.3. The Balaban J connectivity index is 1.69. The van der Waals surface area contributed by atoms with Gasteiger partial charge in [0, 0.05) is 0 Å². The third-order valence-corrected chi connectivity index (χ3v) is 5.72. The summed E-state index contributed by atoms with van der Waals surface area (Å²) >= 11 is 0. The fourth-order valence-electron chi connectivity index (χ4n) is 4.10. The molecule has 1 saturated heterocycles. The second-order valence-corrected chi connectivity index (χ2v) is 7.40. The van der Waals surface area contributed by atoms with Gasteiger partial charge in [0.15, 0.2) is 6.04 Å². The van der Waals surface area contributed by atoms with E-state index in [1.165, 1.54) is 11.0 Å². The Morgan fingerprint density at radius 1 is 1.00 bits per heavy atom. The van der Waals surface area contributed by atoms with E-state index < -0.39 is 0 Å². The molecule has 2 N–H and O–H groups in total. The molecule has 0 amide bonds. The van der Waals surface area contributed by atoms with Crippen LogP contribution < -0.4 is 9.80 Å². The highest BCUT2D eigenvalue weighted by molar-refractivity contribution is 5.25. The average Bonchev–Trinajstić information content (AvgIpc) is 3.18. The highest BCUT2D eigenvalue weighted by atomic mass is 19.1. The number of likely N-dealkylation sites (N-methyl/N-ethyl adjacent to an activating group) is 1. The van der Waals surface area contributed by atoms with Crippen molar-refractivity contribution in [2.45, 2.75) is 19.5 Å². The Bertz CT molecular complexity index is 889. The largest absolute Gasteiger partial charge is 0.326 e. The van der Waals surface area contributed by atoms with Gasteiger partial charge in [0.2, 0.25) is 5.82 Å². The van der Waals surface area contributed by atoms with Crippen molar-refractivity contribution in [1.29, 1.82) is 0 Å². The van der Waals surface area contributed by atoms with Crippen molar-refractivity contribution in [3.63, 3.8) is 0 Å². The van der Waals surface area contributed by atoms with Crippen LogP contribution in [0.5, 0.6) is 0 Å². The molecule has 0 saturated carbocycles. The predicted octanol–water partition coefficient (Wildman–Crippen LogP) is -0.247. The molecule has 0 bridgehead atoms. The van der Waals surface area contributed by atoms with Crippen molar-refractivity contribution in [1.82, 2.24) is 20.2 Å². The zero-order valence-corrected chi connectivity index (χ0v) is 16.2. The predicted molar refractivity (Wildman–Crippen MR) is 104 cm³/mol. The topological polar surface area (TPSA) is 52.5 Å². The highest BCUT2D eigenvalue weighted by Crippen LogP contribution is 2.20. The number of rotatable bonds is 6. The maximum atomic E-state index is 14.8. The van der Waals surface area contributed by atoms with Crippen LogP contribution in [0.25, 0.3) is 0 Å². The zero-order valence-electron chi connectivity index (χ0n) is 16.2. The number of nitrogens with one attached hydrogen (secondary N) is 2. The second kappa shape index (κ2) is 8.58. The molecule has 0 unspecified atom stereocenters. The minimum atomic E-state index is -0.210. The van der Waals surface area contributed by atoms with E-state index in [1.807, 2.05) is 35.0 Å². The molecule has 0 spiro atoms. The number of aromatic nitrogens is 4. The van der Waals surface area contributed by atoms with E-state index in [0.29, 0.717) is 12.1 Å². The number of piperazine rings is 1. The van der Waals surface area contributed by atoms with Crippen LogP contribution in [-0.4, -0.2) is 52.9 Å². The molecule has 2 heterocycles. The summed E-state index contributed by atoms with van der Waals surface area (Å²) in [5.74, 6) is 0.531. The molecule has 1 aliphatic heterocycles. The van der Waals surface area contributed by atoms with Gasteiger partial charge in [-0.3, -0.25) is 0 Å². The molecular formula is C21H27FN6+2. The van der Waals surface area contributed by atoms with Gasteiger partial charge in [0.05, 0.1) is 18.7 Å². The van der Waals surface area contributed by atoms with Crippen LogP contribution in [0.15, 0.2) is 54.6 Å². The summed E-state index contributed by atoms with van der Waals surface area (Å²) in [5, 5.41) is 12.5.